The van der Waals surface area contributed by atoms with Gasteiger partial charge in [0.25, 0.3) is 0 Å². The molecule has 0 unspecified atom stereocenters. The second-order valence-corrected chi connectivity index (χ2v) is 5.40. The summed E-state index contributed by atoms with van der Waals surface area (Å²) in [5.74, 6) is 2.17. The minimum absolute atomic E-state index is 0.198. The molecule has 0 atom stereocenters. The maximum absolute atomic E-state index is 11.0. The third-order valence-corrected chi connectivity index (χ3v) is 3.42. The average molecular weight is 360 g/mol. The standard InChI is InChI=1S/C17H14BrNO3/c1-2-8-22-16-7-6-14(18)9-13(16)11-19-15-5-3-4-12(10-15)17(20)21/h1,3-7,9-10,19H,8,11H2,(H,20,21). The lowest BCUT2D eigenvalue weighted by atomic mass is 10.1. The molecule has 2 rings (SSSR count). The van der Waals surface area contributed by atoms with Crippen LogP contribution in [0, 0.1) is 12.3 Å². The quantitative estimate of drug-likeness (QED) is 0.770. The summed E-state index contributed by atoms with van der Waals surface area (Å²) >= 11 is 3.42. The van der Waals surface area contributed by atoms with Crippen LogP contribution in [0.4, 0.5) is 5.69 Å². The largest absolute Gasteiger partial charge is 0.481 e. The summed E-state index contributed by atoms with van der Waals surface area (Å²) in [6.45, 7) is 0.686. The number of anilines is 1. The van der Waals surface area contributed by atoms with Gasteiger partial charge in [0.15, 0.2) is 0 Å². The first-order valence-electron chi connectivity index (χ1n) is 6.52. The molecule has 0 saturated carbocycles. The Bertz CT molecular complexity index is 722. The van der Waals surface area contributed by atoms with Crippen LogP contribution < -0.4 is 10.1 Å². The van der Waals surface area contributed by atoms with E-state index in [0.717, 1.165) is 15.7 Å². The number of terminal acetylenes is 1. The molecule has 0 aliphatic carbocycles. The van der Waals surface area contributed by atoms with Crippen molar-refractivity contribution >= 4 is 27.6 Å². The monoisotopic (exact) mass is 359 g/mol. The number of rotatable bonds is 6. The number of ether oxygens (including phenoxy) is 1. The lowest BCUT2D eigenvalue weighted by molar-refractivity contribution is 0.0697. The Morgan fingerprint density at radius 3 is 2.86 bits per heavy atom. The molecule has 2 N–H and O–H groups in total. The highest BCUT2D eigenvalue weighted by molar-refractivity contribution is 9.10. The predicted molar refractivity (Wildman–Crippen MR) is 89.2 cm³/mol. The van der Waals surface area contributed by atoms with Gasteiger partial charge in [0, 0.05) is 22.3 Å². The van der Waals surface area contributed by atoms with E-state index in [0.29, 0.717) is 12.3 Å². The van der Waals surface area contributed by atoms with E-state index in [2.05, 4.69) is 27.2 Å². The van der Waals surface area contributed by atoms with Crippen LogP contribution in [0.1, 0.15) is 15.9 Å². The second kappa shape index (κ2) is 7.53. The van der Waals surface area contributed by atoms with Crippen LogP contribution >= 0.6 is 15.9 Å². The van der Waals surface area contributed by atoms with Crippen molar-refractivity contribution in [3.8, 4) is 18.1 Å². The van der Waals surface area contributed by atoms with Crippen molar-refractivity contribution in [2.24, 2.45) is 0 Å². The van der Waals surface area contributed by atoms with Crippen molar-refractivity contribution in [1.82, 2.24) is 0 Å². The van der Waals surface area contributed by atoms with Crippen molar-refractivity contribution < 1.29 is 14.6 Å². The van der Waals surface area contributed by atoms with Gasteiger partial charge in [0.2, 0.25) is 0 Å². The predicted octanol–water partition coefficient (Wildman–Crippen LogP) is 3.77. The van der Waals surface area contributed by atoms with Crippen LogP contribution in [-0.4, -0.2) is 17.7 Å². The molecule has 0 aromatic heterocycles. The van der Waals surface area contributed by atoms with Gasteiger partial charge in [-0.25, -0.2) is 4.79 Å². The molecule has 0 bridgehead atoms. The maximum atomic E-state index is 11.0. The van der Waals surface area contributed by atoms with Gasteiger partial charge in [-0.15, -0.1) is 6.42 Å². The molecule has 0 aliphatic rings. The molecule has 0 fully saturated rings. The van der Waals surface area contributed by atoms with Gasteiger partial charge in [-0.2, -0.15) is 0 Å². The Labute approximate surface area is 137 Å². The van der Waals surface area contributed by atoms with Crippen molar-refractivity contribution in [1.29, 1.82) is 0 Å². The Hall–Kier alpha value is -2.45. The summed E-state index contributed by atoms with van der Waals surface area (Å²) in [5.41, 5.74) is 1.89. The van der Waals surface area contributed by atoms with E-state index in [1.165, 1.54) is 0 Å². The molecule has 0 aliphatic heterocycles. The highest BCUT2D eigenvalue weighted by Gasteiger charge is 2.06. The molecule has 0 radical (unpaired) electrons. The van der Waals surface area contributed by atoms with Crippen LogP contribution in [0.15, 0.2) is 46.9 Å². The van der Waals surface area contributed by atoms with Gasteiger partial charge in [-0.1, -0.05) is 27.9 Å². The zero-order valence-electron chi connectivity index (χ0n) is 11.7. The van der Waals surface area contributed by atoms with Crippen molar-refractivity contribution in [3.63, 3.8) is 0 Å². The Morgan fingerprint density at radius 2 is 2.14 bits per heavy atom. The highest BCUT2D eigenvalue weighted by atomic mass is 79.9. The summed E-state index contributed by atoms with van der Waals surface area (Å²) in [6, 6.07) is 12.3. The number of hydrogen-bond donors (Lipinski definition) is 2. The van der Waals surface area contributed by atoms with E-state index < -0.39 is 5.97 Å². The molecule has 22 heavy (non-hydrogen) atoms. The summed E-state index contributed by atoms with van der Waals surface area (Å²) in [5, 5.41) is 12.2. The number of carboxylic acids is 1. The third kappa shape index (κ3) is 4.27. The Kier molecular flexibility index (Phi) is 5.45. The van der Waals surface area contributed by atoms with Gasteiger partial charge in [0.1, 0.15) is 12.4 Å². The van der Waals surface area contributed by atoms with Gasteiger partial charge in [-0.05, 0) is 36.4 Å². The summed E-state index contributed by atoms with van der Waals surface area (Å²) in [4.78, 5) is 11.0. The molecule has 2 aromatic rings. The molecule has 0 spiro atoms. The highest BCUT2D eigenvalue weighted by Crippen LogP contribution is 2.24. The minimum atomic E-state index is -0.954. The van der Waals surface area contributed by atoms with E-state index in [4.69, 9.17) is 16.3 Å². The fraction of sp³-hybridized carbons (Fsp3) is 0.118. The van der Waals surface area contributed by atoms with Crippen LogP contribution in [-0.2, 0) is 6.54 Å². The van der Waals surface area contributed by atoms with Crippen LogP contribution in [0.5, 0.6) is 5.75 Å². The average Bonchev–Trinajstić information content (AvgIpc) is 2.52. The topological polar surface area (TPSA) is 58.6 Å². The Balaban J connectivity index is 2.14. The Morgan fingerprint density at radius 1 is 1.32 bits per heavy atom. The van der Waals surface area contributed by atoms with Crippen LogP contribution in [0.2, 0.25) is 0 Å². The van der Waals surface area contributed by atoms with E-state index in [1.807, 2.05) is 24.3 Å². The first-order valence-corrected chi connectivity index (χ1v) is 7.31. The molecule has 4 nitrogen and oxygen atoms in total. The van der Waals surface area contributed by atoms with E-state index >= 15 is 0 Å². The van der Waals surface area contributed by atoms with Crippen LogP contribution in [0.25, 0.3) is 0 Å². The molecular weight excluding hydrogens is 346 g/mol. The van der Waals surface area contributed by atoms with Gasteiger partial charge in [-0.3, -0.25) is 0 Å². The third-order valence-electron chi connectivity index (χ3n) is 2.93. The second-order valence-electron chi connectivity index (χ2n) is 4.48. The van der Waals surface area contributed by atoms with Gasteiger partial charge in [0.05, 0.1) is 5.56 Å². The van der Waals surface area contributed by atoms with Crippen molar-refractivity contribution in [2.45, 2.75) is 6.54 Å². The number of nitrogens with one attached hydrogen (secondary N) is 1. The van der Waals surface area contributed by atoms with E-state index in [-0.39, 0.29) is 12.2 Å². The maximum Gasteiger partial charge on any atom is 0.335 e. The van der Waals surface area contributed by atoms with Crippen molar-refractivity contribution in [2.75, 3.05) is 11.9 Å². The first-order chi connectivity index (χ1) is 10.6. The fourth-order valence-electron chi connectivity index (χ4n) is 1.91. The van der Waals surface area contributed by atoms with Crippen molar-refractivity contribution in [3.05, 3.63) is 58.1 Å². The first kappa shape index (κ1) is 15.9. The smallest absolute Gasteiger partial charge is 0.335 e. The fourth-order valence-corrected chi connectivity index (χ4v) is 2.31. The summed E-state index contributed by atoms with van der Waals surface area (Å²) in [7, 11) is 0. The normalized spacial score (nSPS) is 9.82. The summed E-state index contributed by atoms with van der Waals surface area (Å²) in [6.07, 6.45) is 5.21. The molecule has 112 valence electrons. The molecule has 5 heteroatoms. The lowest BCUT2D eigenvalue weighted by Gasteiger charge is -2.12. The summed E-state index contributed by atoms with van der Waals surface area (Å²) < 4.78 is 6.43. The molecule has 0 heterocycles. The number of halogens is 1. The number of carboxylic acid groups (broad SMARTS) is 1. The molecule has 0 saturated heterocycles. The lowest BCUT2D eigenvalue weighted by Crippen LogP contribution is -2.05. The van der Waals surface area contributed by atoms with Gasteiger partial charge < -0.3 is 15.2 Å². The number of carbonyl (C=O) groups is 1. The molecule has 2 aromatic carbocycles. The molecule has 0 amide bonds. The SMILES string of the molecule is C#CCOc1ccc(Br)cc1CNc1cccc(C(=O)O)c1. The zero-order valence-corrected chi connectivity index (χ0v) is 13.3. The molecular formula is C17H14BrNO3. The number of benzene rings is 2. The number of aromatic carboxylic acids is 1. The van der Waals surface area contributed by atoms with Crippen LogP contribution in [0.3, 0.4) is 0 Å². The van der Waals surface area contributed by atoms with Gasteiger partial charge >= 0.3 is 5.97 Å². The van der Waals surface area contributed by atoms with E-state index in [1.54, 1.807) is 18.2 Å². The minimum Gasteiger partial charge on any atom is -0.481 e. The number of hydrogen-bond acceptors (Lipinski definition) is 3. The zero-order chi connectivity index (χ0) is 15.9. The van der Waals surface area contributed by atoms with E-state index in [9.17, 15) is 4.79 Å².